The second kappa shape index (κ2) is 6.93. The molecule has 0 radical (unpaired) electrons. The van der Waals surface area contributed by atoms with Gasteiger partial charge in [-0.2, -0.15) is 21.6 Å². The Morgan fingerprint density at radius 3 is 2.32 bits per heavy atom. The highest BCUT2D eigenvalue weighted by Gasteiger charge is 2.35. The van der Waals surface area contributed by atoms with Gasteiger partial charge in [-0.15, -0.1) is 0 Å². The van der Waals surface area contributed by atoms with E-state index in [1.165, 1.54) is 6.07 Å². The first kappa shape index (κ1) is 19.1. The molecule has 0 unspecified atom stereocenters. The minimum absolute atomic E-state index is 0.0258. The number of rotatable bonds is 4. The van der Waals surface area contributed by atoms with Gasteiger partial charge in [-0.05, 0) is 30.3 Å². The van der Waals surface area contributed by atoms with Crippen LogP contribution >= 0.6 is 11.6 Å². The number of hydrogen-bond acceptors (Lipinski definition) is 5. The Hall–Kier alpha value is -2.26. The molecular formula is C15H10ClF3O5S. The molecular weight excluding hydrogens is 385 g/mol. The molecule has 0 spiro atoms. The lowest BCUT2D eigenvalue weighted by molar-refractivity contribution is -0.138. The van der Waals surface area contributed by atoms with Crippen LogP contribution in [0.4, 0.5) is 13.2 Å². The lowest BCUT2D eigenvalue weighted by Gasteiger charge is -2.14. The van der Waals surface area contributed by atoms with E-state index in [0.717, 1.165) is 37.4 Å². The summed E-state index contributed by atoms with van der Waals surface area (Å²) in [5, 5.41) is -0.396. The number of benzene rings is 2. The summed E-state index contributed by atoms with van der Waals surface area (Å²) in [6.45, 7) is 0. The number of hydrogen-bond donors (Lipinski definition) is 0. The lowest BCUT2D eigenvalue weighted by Crippen LogP contribution is -2.15. The van der Waals surface area contributed by atoms with Crippen LogP contribution in [0.3, 0.4) is 0 Å². The van der Waals surface area contributed by atoms with Gasteiger partial charge in [0.05, 0.1) is 23.3 Å². The molecule has 0 aliphatic heterocycles. The normalized spacial score (nSPS) is 11.9. The number of ether oxygens (including phenoxy) is 1. The zero-order valence-electron chi connectivity index (χ0n) is 12.5. The molecule has 0 fully saturated rings. The molecule has 5 nitrogen and oxygen atoms in total. The van der Waals surface area contributed by atoms with Crippen molar-refractivity contribution in [3.8, 4) is 5.75 Å². The van der Waals surface area contributed by atoms with Crippen molar-refractivity contribution in [2.75, 3.05) is 7.11 Å². The van der Waals surface area contributed by atoms with Crippen molar-refractivity contribution in [2.45, 2.75) is 11.1 Å². The molecule has 0 atom stereocenters. The topological polar surface area (TPSA) is 69.7 Å². The Labute approximate surface area is 146 Å². The predicted octanol–water partition coefficient (Wildman–Crippen LogP) is 3.91. The lowest BCUT2D eigenvalue weighted by atomic mass is 10.2. The third-order valence-electron chi connectivity index (χ3n) is 3.01. The predicted molar refractivity (Wildman–Crippen MR) is 82.0 cm³/mol. The van der Waals surface area contributed by atoms with Crippen molar-refractivity contribution >= 4 is 27.7 Å². The molecule has 0 saturated carbocycles. The van der Waals surface area contributed by atoms with E-state index in [1.54, 1.807) is 0 Å². The number of carbonyl (C=O) groups excluding carboxylic acids is 1. The van der Waals surface area contributed by atoms with Crippen LogP contribution in [-0.2, 0) is 21.0 Å². The van der Waals surface area contributed by atoms with Gasteiger partial charge in [-0.1, -0.05) is 23.7 Å². The zero-order valence-corrected chi connectivity index (χ0v) is 14.1. The average molecular weight is 395 g/mol. The van der Waals surface area contributed by atoms with Gasteiger partial charge in [0.15, 0.2) is 5.75 Å². The quantitative estimate of drug-likeness (QED) is 0.581. The SMILES string of the molecule is COC(=O)c1ccc(S(=O)(=O)Oc2ccccc2C(F)(F)F)c(Cl)c1. The summed E-state index contributed by atoms with van der Waals surface area (Å²) in [5.41, 5.74) is -1.27. The molecule has 10 heteroatoms. The summed E-state index contributed by atoms with van der Waals surface area (Å²) in [6.07, 6.45) is -4.80. The number of halogens is 4. The van der Waals surface area contributed by atoms with E-state index >= 15 is 0 Å². The highest BCUT2D eigenvalue weighted by atomic mass is 35.5. The molecule has 0 aliphatic rings. The summed E-state index contributed by atoms with van der Waals surface area (Å²) in [4.78, 5) is 10.8. The molecule has 25 heavy (non-hydrogen) atoms. The van der Waals surface area contributed by atoms with Crippen molar-refractivity contribution < 1.29 is 35.3 Å². The summed E-state index contributed by atoms with van der Waals surface area (Å²) in [7, 11) is -3.54. The Bertz CT molecular complexity index is 910. The Morgan fingerprint density at radius 1 is 1.12 bits per heavy atom. The van der Waals surface area contributed by atoms with E-state index in [4.69, 9.17) is 11.6 Å². The van der Waals surface area contributed by atoms with Crippen molar-refractivity contribution in [1.82, 2.24) is 0 Å². The minimum Gasteiger partial charge on any atom is -0.465 e. The molecule has 0 saturated heterocycles. The van der Waals surface area contributed by atoms with E-state index < -0.39 is 43.5 Å². The number of carbonyl (C=O) groups is 1. The maximum Gasteiger partial charge on any atom is 0.420 e. The van der Waals surface area contributed by atoms with Crippen molar-refractivity contribution in [3.05, 3.63) is 58.6 Å². The highest BCUT2D eigenvalue weighted by Crippen LogP contribution is 2.37. The summed E-state index contributed by atoms with van der Waals surface area (Å²) < 4.78 is 72.4. The van der Waals surface area contributed by atoms with E-state index in [0.29, 0.717) is 6.07 Å². The summed E-state index contributed by atoms with van der Waals surface area (Å²) in [5.74, 6) is -1.64. The molecule has 0 heterocycles. The molecule has 0 amide bonds. The van der Waals surface area contributed by atoms with Crippen molar-refractivity contribution in [2.24, 2.45) is 0 Å². The van der Waals surface area contributed by atoms with Crippen LogP contribution in [0.1, 0.15) is 15.9 Å². The van der Waals surface area contributed by atoms with Crippen LogP contribution in [0.2, 0.25) is 5.02 Å². The van der Waals surface area contributed by atoms with Gasteiger partial charge >= 0.3 is 22.3 Å². The Kier molecular flexibility index (Phi) is 5.28. The van der Waals surface area contributed by atoms with E-state index in [1.807, 2.05) is 0 Å². The van der Waals surface area contributed by atoms with Crippen LogP contribution in [-0.4, -0.2) is 21.5 Å². The van der Waals surface area contributed by atoms with Gasteiger partial charge in [0, 0.05) is 0 Å². The fraction of sp³-hybridized carbons (Fsp3) is 0.133. The third-order valence-corrected chi connectivity index (χ3v) is 4.73. The van der Waals surface area contributed by atoms with Crippen LogP contribution in [0.25, 0.3) is 0 Å². The van der Waals surface area contributed by atoms with Crippen LogP contribution in [0.5, 0.6) is 5.75 Å². The van der Waals surface area contributed by atoms with Gasteiger partial charge in [0.2, 0.25) is 0 Å². The van der Waals surface area contributed by atoms with Gasteiger partial charge < -0.3 is 8.92 Å². The summed E-state index contributed by atoms with van der Waals surface area (Å²) in [6, 6.07) is 6.91. The number of alkyl halides is 3. The van der Waals surface area contributed by atoms with Gasteiger partial charge in [0.25, 0.3) is 0 Å². The molecule has 0 bridgehead atoms. The van der Waals surface area contributed by atoms with Crippen LogP contribution in [0.15, 0.2) is 47.4 Å². The first-order valence-electron chi connectivity index (χ1n) is 6.55. The maximum atomic E-state index is 12.9. The fourth-order valence-electron chi connectivity index (χ4n) is 1.88. The smallest absolute Gasteiger partial charge is 0.420 e. The van der Waals surface area contributed by atoms with E-state index in [-0.39, 0.29) is 5.56 Å². The highest BCUT2D eigenvalue weighted by molar-refractivity contribution is 7.87. The van der Waals surface area contributed by atoms with E-state index in [2.05, 4.69) is 8.92 Å². The molecule has 2 aromatic rings. The average Bonchev–Trinajstić information content (AvgIpc) is 2.52. The molecule has 2 aromatic carbocycles. The first-order chi connectivity index (χ1) is 11.6. The summed E-state index contributed by atoms with van der Waals surface area (Å²) >= 11 is 5.82. The Balaban J connectivity index is 2.43. The molecule has 0 aliphatic carbocycles. The van der Waals surface area contributed by atoms with Crippen molar-refractivity contribution in [1.29, 1.82) is 0 Å². The fourth-order valence-corrected chi connectivity index (χ4v) is 3.35. The second-order valence-corrected chi connectivity index (χ2v) is 6.59. The molecule has 2 rings (SSSR count). The Morgan fingerprint density at radius 2 is 1.76 bits per heavy atom. The maximum absolute atomic E-state index is 12.9. The monoisotopic (exact) mass is 394 g/mol. The third kappa shape index (κ3) is 4.23. The van der Waals surface area contributed by atoms with Crippen LogP contribution < -0.4 is 4.18 Å². The second-order valence-electron chi connectivity index (χ2n) is 4.67. The van der Waals surface area contributed by atoms with Crippen LogP contribution in [0, 0.1) is 0 Å². The van der Waals surface area contributed by atoms with Gasteiger partial charge in [-0.25, -0.2) is 4.79 Å². The standard InChI is InChI=1S/C15H10ClF3O5S/c1-23-14(20)9-6-7-13(11(16)8-9)25(21,22)24-12-5-3-2-4-10(12)15(17,18)19/h2-8H,1H3. The van der Waals surface area contributed by atoms with Gasteiger partial charge in [-0.3, -0.25) is 0 Å². The molecule has 0 N–H and O–H groups in total. The minimum atomic E-state index is -4.80. The molecule has 0 aromatic heterocycles. The van der Waals surface area contributed by atoms with E-state index in [9.17, 15) is 26.4 Å². The van der Waals surface area contributed by atoms with Crippen molar-refractivity contribution in [3.63, 3.8) is 0 Å². The first-order valence-corrected chi connectivity index (χ1v) is 8.33. The van der Waals surface area contributed by atoms with Gasteiger partial charge in [0.1, 0.15) is 4.90 Å². The number of methoxy groups -OCH3 is 1. The number of esters is 1. The molecule has 134 valence electrons. The largest absolute Gasteiger partial charge is 0.465 e. The number of para-hydroxylation sites is 1. The zero-order chi connectivity index (χ0) is 18.8.